The smallest absolute Gasteiger partial charge is 0.339 e. The van der Waals surface area contributed by atoms with E-state index in [-0.39, 0.29) is 22.2 Å². The number of halogens is 6. The molecule has 4 aromatic carbocycles. The van der Waals surface area contributed by atoms with Crippen LogP contribution in [0, 0.1) is 11.6 Å². The van der Waals surface area contributed by atoms with Gasteiger partial charge in [-0.1, -0.05) is 35.9 Å². The van der Waals surface area contributed by atoms with E-state index in [1.54, 1.807) is 24.3 Å². The van der Waals surface area contributed by atoms with Crippen molar-refractivity contribution in [1.29, 1.82) is 0 Å². The van der Waals surface area contributed by atoms with Crippen LogP contribution in [0.5, 0.6) is 0 Å². The van der Waals surface area contributed by atoms with Gasteiger partial charge < -0.3 is 9.80 Å². The van der Waals surface area contributed by atoms with E-state index in [0.717, 1.165) is 30.0 Å². The highest BCUT2D eigenvalue weighted by Gasteiger charge is 2.34. The number of fused-ring (bicyclic) bond motifs is 1. The molecule has 0 saturated carbocycles. The van der Waals surface area contributed by atoms with Gasteiger partial charge in [0.2, 0.25) is 5.91 Å². The number of carbonyl (C=O) groups is 1. The summed E-state index contributed by atoms with van der Waals surface area (Å²) in [7, 11) is -4.49. The van der Waals surface area contributed by atoms with Crippen LogP contribution in [-0.2, 0) is 27.4 Å². The molecule has 2 heterocycles. The summed E-state index contributed by atoms with van der Waals surface area (Å²) in [5.41, 5.74) is 2.02. The minimum atomic E-state index is -4.49. The van der Waals surface area contributed by atoms with Gasteiger partial charge in [-0.2, -0.15) is 13.2 Å². The molecule has 0 bridgehead atoms. The zero-order valence-electron chi connectivity index (χ0n) is 22.8. The van der Waals surface area contributed by atoms with Gasteiger partial charge in [0.15, 0.2) is 11.6 Å². The second kappa shape index (κ2) is 11.1. The lowest BCUT2D eigenvalue weighted by Crippen LogP contribution is -2.27. The number of hydrogen-bond acceptors (Lipinski definition) is 4. The summed E-state index contributed by atoms with van der Waals surface area (Å²) in [6.07, 6.45) is -3.16. The molecule has 0 aliphatic carbocycles. The summed E-state index contributed by atoms with van der Waals surface area (Å²) in [5, 5.41) is -0.234. The highest BCUT2D eigenvalue weighted by atomic mass is 35.5. The van der Waals surface area contributed by atoms with Gasteiger partial charge in [-0.25, -0.2) is 17.2 Å². The summed E-state index contributed by atoms with van der Waals surface area (Å²) in [4.78, 5) is 16.0. The molecule has 1 N–H and O–H groups in total. The number of amides is 1. The monoisotopic (exact) mass is 647 g/mol. The lowest BCUT2D eigenvalue weighted by Gasteiger charge is -2.27. The molecule has 0 radical (unpaired) electrons. The Hall–Kier alpha value is -4.16. The van der Waals surface area contributed by atoms with E-state index in [4.69, 9.17) is 11.6 Å². The molecule has 44 heavy (non-hydrogen) atoms. The predicted octanol–water partition coefficient (Wildman–Crippen LogP) is 7.93. The highest BCUT2D eigenvalue weighted by molar-refractivity contribution is 7.92. The third-order valence-electron chi connectivity index (χ3n) is 7.66. The molecule has 2 aliphatic heterocycles. The minimum absolute atomic E-state index is 0.186. The van der Waals surface area contributed by atoms with Crippen molar-refractivity contribution in [2.24, 2.45) is 0 Å². The maximum absolute atomic E-state index is 14.4. The van der Waals surface area contributed by atoms with Gasteiger partial charge in [0.25, 0.3) is 10.0 Å². The first-order valence-corrected chi connectivity index (χ1v) is 15.4. The number of hydrogen-bond donors (Lipinski definition) is 1. The lowest BCUT2D eigenvalue weighted by atomic mass is 10.0. The molecule has 0 spiro atoms. The molecule has 4 aromatic rings. The fraction of sp³-hybridized carbons (Fsp3) is 0.194. The average Bonchev–Trinajstić information content (AvgIpc) is 3.60. The number of nitrogens with one attached hydrogen (secondary N) is 1. The topological polar surface area (TPSA) is 69.7 Å². The van der Waals surface area contributed by atoms with Gasteiger partial charge in [-0.05, 0) is 78.1 Å². The molecule has 2 aliphatic rings. The number of nitrogens with zero attached hydrogens (tertiary/aromatic N) is 2. The molecule has 0 atom stereocenters. The number of rotatable bonds is 6. The van der Waals surface area contributed by atoms with Crippen LogP contribution in [0.25, 0.3) is 11.1 Å². The van der Waals surface area contributed by atoms with Gasteiger partial charge in [0.1, 0.15) is 5.69 Å². The molecule has 13 heteroatoms. The van der Waals surface area contributed by atoms with Gasteiger partial charge in [0.05, 0.1) is 21.8 Å². The van der Waals surface area contributed by atoms with Crippen LogP contribution >= 0.6 is 11.6 Å². The number of carbonyl (C=O) groups excluding carboxylic acids is 1. The van der Waals surface area contributed by atoms with E-state index in [1.807, 2.05) is 9.62 Å². The SMILES string of the molecule is O=C1CCCN1c1cc(S(=O)(=O)Nc2c(F)cc(Cl)cc2F)cc2c1N(c1ccc(-c3ccc(C(F)(F)F)cc3)cc1)CC2. The zero-order chi connectivity index (χ0) is 31.4. The van der Waals surface area contributed by atoms with Crippen LogP contribution in [0.1, 0.15) is 24.0 Å². The van der Waals surface area contributed by atoms with Gasteiger partial charge in [0, 0.05) is 30.2 Å². The van der Waals surface area contributed by atoms with Crippen molar-refractivity contribution in [1.82, 2.24) is 0 Å². The Morgan fingerprint density at radius 3 is 1.98 bits per heavy atom. The largest absolute Gasteiger partial charge is 0.416 e. The Morgan fingerprint density at radius 2 is 1.41 bits per heavy atom. The molecule has 1 saturated heterocycles. The molecule has 6 nitrogen and oxygen atoms in total. The molecule has 1 amide bonds. The van der Waals surface area contributed by atoms with Crippen molar-refractivity contribution in [2.75, 3.05) is 27.6 Å². The molecule has 0 aromatic heterocycles. The maximum Gasteiger partial charge on any atom is 0.416 e. The lowest BCUT2D eigenvalue weighted by molar-refractivity contribution is -0.137. The van der Waals surface area contributed by atoms with Gasteiger partial charge in [-0.15, -0.1) is 0 Å². The van der Waals surface area contributed by atoms with Crippen molar-refractivity contribution >= 4 is 50.3 Å². The summed E-state index contributed by atoms with van der Waals surface area (Å²) in [6.45, 7) is 0.810. The normalized spacial score (nSPS) is 15.2. The second-order valence-electron chi connectivity index (χ2n) is 10.5. The van der Waals surface area contributed by atoms with Crippen LogP contribution in [0.15, 0.2) is 77.7 Å². The van der Waals surface area contributed by atoms with E-state index in [9.17, 15) is 35.2 Å². The van der Waals surface area contributed by atoms with E-state index in [2.05, 4.69) is 0 Å². The minimum Gasteiger partial charge on any atom is -0.339 e. The standard InChI is InChI=1S/C31H23ClF5N3O3S/c32-22-15-25(33)29(26(34)16-22)38-44(42,43)24-14-20-11-13-39(30(20)27(17-24)40-12-1-2-28(40)41)23-9-5-19(6-10-23)18-3-7-21(8-4-18)31(35,36)37/h3-10,14-17,38H,1-2,11-13H2. The summed E-state index contributed by atoms with van der Waals surface area (Å²) in [6, 6.07) is 16.3. The van der Waals surface area contributed by atoms with Crippen molar-refractivity contribution in [3.8, 4) is 11.1 Å². The van der Waals surface area contributed by atoms with E-state index >= 15 is 0 Å². The number of anilines is 4. The molecular formula is C31H23ClF5N3O3S. The third kappa shape index (κ3) is 5.59. The second-order valence-corrected chi connectivity index (χ2v) is 12.6. The average molecular weight is 648 g/mol. The Bertz CT molecular complexity index is 1860. The van der Waals surface area contributed by atoms with Crippen LogP contribution in [0.4, 0.5) is 44.7 Å². The van der Waals surface area contributed by atoms with Crippen molar-refractivity contribution in [3.05, 3.63) is 101 Å². The number of benzene rings is 4. The quantitative estimate of drug-likeness (QED) is 0.216. The Kier molecular flexibility index (Phi) is 7.53. The van der Waals surface area contributed by atoms with Crippen molar-refractivity contribution in [3.63, 3.8) is 0 Å². The predicted molar refractivity (Wildman–Crippen MR) is 158 cm³/mol. The summed E-state index contributed by atoms with van der Waals surface area (Å²) >= 11 is 5.67. The fourth-order valence-corrected chi connectivity index (χ4v) is 6.87. The number of alkyl halides is 3. The molecule has 6 rings (SSSR count). The van der Waals surface area contributed by atoms with E-state index < -0.39 is 39.1 Å². The Balaban J connectivity index is 1.36. The van der Waals surface area contributed by atoms with Crippen LogP contribution in [-0.4, -0.2) is 27.4 Å². The fourth-order valence-electron chi connectivity index (χ4n) is 5.54. The molecule has 1 fully saturated rings. The summed E-state index contributed by atoms with van der Waals surface area (Å²) < 4.78 is 96.5. The zero-order valence-corrected chi connectivity index (χ0v) is 24.3. The first-order valence-electron chi connectivity index (χ1n) is 13.5. The third-order valence-corrected chi connectivity index (χ3v) is 9.21. The van der Waals surface area contributed by atoms with Gasteiger partial charge >= 0.3 is 6.18 Å². The maximum atomic E-state index is 14.4. The van der Waals surface area contributed by atoms with Crippen LogP contribution in [0.3, 0.4) is 0 Å². The van der Waals surface area contributed by atoms with Crippen LogP contribution < -0.4 is 14.5 Å². The number of sulfonamides is 1. The Morgan fingerprint density at radius 1 is 0.795 bits per heavy atom. The van der Waals surface area contributed by atoms with Crippen molar-refractivity contribution < 1.29 is 35.2 Å². The first-order chi connectivity index (χ1) is 20.8. The summed E-state index contributed by atoms with van der Waals surface area (Å²) in [5.74, 6) is -2.55. The van der Waals surface area contributed by atoms with Gasteiger partial charge in [-0.3, -0.25) is 9.52 Å². The highest BCUT2D eigenvalue weighted by Crippen LogP contribution is 2.45. The molecule has 228 valence electrons. The molecular weight excluding hydrogens is 625 g/mol. The van der Waals surface area contributed by atoms with E-state index in [1.165, 1.54) is 29.2 Å². The van der Waals surface area contributed by atoms with E-state index in [0.29, 0.717) is 54.0 Å². The van der Waals surface area contributed by atoms with Crippen LogP contribution in [0.2, 0.25) is 5.02 Å². The molecule has 0 unspecified atom stereocenters. The van der Waals surface area contributed by atoms with Crippen molar-refractivity contribution in [2.45, 2.75) is 30.3 Å². The first kappa shape index (κ1) is 29.9. The Labute approximate surface area is 254 Å².